The molecule has 0 N–H and O–H groups in total. The van der Waals surface area contributed by atoms with Crippen LogP contribution in [0.2, 0.25) is 0 Å². The highest BCUT2D eigenvalue weighted by atomic mass is 15.2. The molecule has 0 spiro atoms. The largest absolute Gasteiger partial charge is 0.335 e. The molecule has 2 aliphatic rings. The molecule has 0 amide bonds. The van der Waals surface area contributed by atoms with Gasteiger partial charge in [-0.15, -0.1) is 0 Å². The molecule has 0 bridgehead atoms. The molecule has 1 nitrogen and oxygen atoms in total. The third-order valence-corrected chi connectivity index (χ3v) is 5.14. The molecule has 0 aliphatic heterocycles. The highest BCUT2D eigenvalue weighted by molar-refractivity contribution is 5.60. The van der Waals surface area contributed by atoms with Gasteiger partial charge in [-0.05, 0) is 74.3 Å². The van der Waals surface area contributed by atoms with Crippen molar-refractivity contribution in [1.29, 1.82) is 0 Å². The standard InChI is InChI=1S/C22H29N/c1-4-6-7-20(5-2)23(21-13-8-17(3)9-14-21)22-15-12-18-10-11-19(18)16-22/h5-8,12-13,15-17,21H,4,9-11,14H2,1-3H3/b7-6-,20-5+/t17-,21?/m0/s1. The Bertz CT molecular complexity index is 635. The summed E-state index contributed by atoms with van der Waals surface area (Å²) in [6.07, 6.45) is 17.7. The minimum absolute atomic E-state index is 0.469. The molecule has 3 rings (SSSR count). The maximum atomic E-state index is 2.53. The normalized spacial score (nSPS) is 23.7. The molecule has 122 valence electrons. The Hall–Kier alpha value is -1.76. The highest BCUT2D eigenvalue weighted by Gasteiger charge is 2.24. The van der Waals surface area contributed by atoms with Crippen LogP contribution in [0.15, 0.2) is 54.3 Å². The third kappa shape index (κ3) is 3.44. The molecule has 23 heavy (non-hydrogen) atoms. The molecule has 0 saturated heterocycles. The van der Waals surface area contributed by atoms with Crippen molar-refractivity contribution >= 4 is 5.69 Å². The first kappa shape index (κ1) is 16.1. The summed E-state index contributed by atoms with van der Waals surface area (Å²) in [6.45, 7) is 6.66. The van der Waals surface area contributed by atoms with Crippen LogP contribution in [0.5, 0.6) is 0 Å². The van der Waals surface area contributed by atoms with E-state index >= 15 is 0 Å². The third-order valence-electron chi connectivity index (χ3n) is 5.14. The summed E-state index contributed by atoms with van der Waals surface area (Å²) in [6, 6.07) is 7.52. The van der Waals surface area contributed by atoms with E-state index in [1.165, 1.54) is 48.2 Å². The zero-order chi connectivity index (χ0) is 16.2. The second-order valence-electron chi connectivity index (χ2n) is 6.85. The van der Waals surface area contributed by atoms with Crippen LogP contribution in [-0.2, 0) is 12.8 Å². The van der Waals surface area contributed by atoms with Gasteiger partial charge in [0.15, 0.2) is 0 Å². The number of hydrogen-bond donors (Lipinski definition) is 0. The topological polar surface area (TPSA) is 3.24 Å². The second-order valence-corrected chi connectivity index (χ2v) is 6.85. The van der Waals surface area contributed by atoms with Gasteiger partial charge in [0.25, 0.3) is 0 Å². The van der Waals surface area contributed by atoms with Gasteiger partial charge in [0.2, 0.25) is 0 Å². The number of allylic oxidation sites excluding steroid dienone is 4. The van der Waals surface area contributed by atoms with Crippen molar-refractivity contribution in [3.8, 4) is 0 Å². The fourth-order valence-electron chi connectivity index (χ4n) is 3.58. The molecular formula is C22H29N. The molecule has 0 aromatic heterocycles. The molecule has 2 atom stereocenters. The van der Waals surface area contributed by atoms with E-state index in [1.807, 2.05) is 0 Å². The minimum atomic E-state index is 0.469. The van der Waals surface area contributed by atoms with E-state index in [0.29, 0.717) is 12.0 Å². The average Bonchev–Trinajstić information content (AvgIpc) is 2.54. The SMILES string of the molecule is C/C=C(\C=C/CC)N(c1ccc2c(c1)CC2)C1C=C[C@H](C)CC1. The predicted octanol–water partition coefficient (Wildman–Crippen LogP) is 5.82. The van der Waals surface area contributed by atoms with Crippen molar-refractivity contribution < 1.29 is 0 Å². The first-order valence-corrected chi connectivity index (χ1v) is 9.15. The van der Waals surface area contributed by atoms with E-state index in [9.17, 15) is 0 Å². The number of hydrogen-bond acceptors (Lipinski definition) is 1. The van der Waals surface area contributed by atoms with Gasteiger partial charge in [-0.25, -0.2) is 0 Å². The van der Waals surface area contributed by atoms with Gasteiger partial charge in [-0.1, -0.05) is 44.2 Å². The quantitative estimate of drug-likeness (QED) is 0.489. The first-order chi connectivity index (χ1) is 11.2. The summed E-state index contributed by atoms with van der Waals surface area (Å²) in [5.74, 6) is 0.713. The van der Waals surface area contributed by atoms with Gasteiger partial charge in [-0.3, -0.25) is 0 Å². The summed E-state index contributed by atoms with van der Waals surface area (Å²) < 4.78 is 0. The van der Waals surface area contributed by atoms with Crippen LogP contribution in [0.3, 0.4) is 0 Å². The van der Waals surface area contributed by atoms with Crippen LogP contribution in [0, 0.1) is 5.92 Å². The number of aryl methyl sites for hydroxylation is 2. The number of anilines is 1. The van der Waals surface area contributed by atoms with Gasteiger partial charge in [0, 0.05) is 11.4 Å². The van der Waals surface area contributed by atoms with Crippen LogP contribution < -0.4 is 4.90 Å². The highest BCUT2D eigenvalue weighted by Crippen LogP contribution is 2.33. The maximum absolute atomic E-state index is 2.53. The number of fused-ring (bicyclic) bond motifs is 1. The molecule has 0 saturated carbocycles. The molecule has 0 fully saturated rings. The Morgan fingerprint density at radius 2 is 2.00 bits per heavy atom. The van der Waals surface area contributed by atoms with Gasteiger partial charge in [0.05, 0.1) is 6.04 Å². The maximum Gasteiger partial charge on any atom is 0.0522 e. The Labute approximate surface area is 141 Å². The van der Waals surface area contributed by atoms with Crippen molar-refractivity contribution in [2.75, 3.05) is 4.90 Å². The summed E-state index contributed by atoms with van der Waals surface area (Å²) in [7, 11) is 0. The molecule has 1 unspecified atom stereocenters. The summed E-state index contributed by atoms with van der Waals surface area (Å²) in [4.78, 5) is 2.53. The van der Waals surface area contributed by atoms with Crippen molar-refractivity contribution in [3.05, 3.63) is 65.4 Å². The van der Waals surface area contributed by atoms with E-state index < -0.39 is 0 Å². The molecule has 0 radical (unpaired) electrons. The van der Waals surface area contributed by atoms with Crippen molar-refractivity contribution in [2.45, 2.75) is 58.9 Å². The molecule has 1 aromatic carbocycles. The summed E-state index contributed by atoms with van der Waals surface area (Å²) in [5, 5.41) is 0. The molecule has 0 heterocycles. The Morgan fingerprint density at radius 3 is 2.57 bits per heavy atom. The van der Waals surface area contributed by atoms with Crippen LogP contribution in [0.1, 0.15) is 51.2 Å². The molecular weight excluding hydrogens is 278 g/mol. The fraction of sp³-hybridized carbons (Fsp3) is 0.455. The Kier molecular flexibility index (Phi) is 5.05. The zero-order valence-corrected chi connectivity index (χ0v) is 14.8. The molecule has 2 aliphatic carbocycles. The Morgan fingerprint density at radius 1 is 1.17 bits per heavy atom. The summed E-state index contributed by atoms with van der Waals surface area (Å²) in [5.41, 5.74) is 5.74. The molecule has 1 aromatic rings. The molecule has 1 heteroatoms. The lowest BCUT2D eigenvalue weighted by molar-refractivity contribution is 0.531. The zero-order valence-electron chi connectivity index (χ0n) is 14.8. The van der Waals surface area contributed by atoms with E-state index in [2.05, 4.69) is 74.3 Å². The lowest BCUT2D eigenvalue weighted by Crippen LogP contribution is -2.35. The van der Waals surface area contributed by atoms with E-state index in [1.54, 1.807) is 0 Å². The lowest BCUT2D eigenvalue weighted by atomic mass is 9.87. The second kappa shape index (κ2) is 7.21. The number of nitrogens with zero attached hydrogens (tertiary/aromatic N) is 1. The van der Waals surface area contributed by atoms with Crippen LogP contribution in [-0.4, -0.2) is 6.04 Å². The van der Waals surface area contributed by atoms with E-state index in [0.717, 1.165) is 6.42 Å². The van der Waals surface area contributed by atoms with Gasteiger partial charge in [-0.2, -0.15) is 0 Å². The van der Waals surface area contributed by atoms with Gasteiger partial charge < -0.3 is 4.90 Å². The fourth-order valence-corrected chi connectivity index (χ4v) is 3.58. The summed E-state index contributed by atoms with van der Waals surface area (Å²) >= 11 is 0. The van der Waals surface area contributed by atoms with E-state index in [4.69, 9.17) is 0 Å². The Balaban J connectivity index is 1.96. The van der Waals surface area contributed by atoms with Crippen LogP contribution in [0.25, 0.3) is 0 Å². The van der Waals surface area contributed by atoms with Gasteiger partial charge in [0.1, 0.15) is 0 Å². The minimum Gasteiger partial charge on any atom is -0.335 e. The van der Waals surface area contributed by atoms with Crippen molar-refractivity contribution in [3.63, 3.8) is 0 Å². The van der Waals surface area contributed by atoms with Crippen LogP contribution in [0.4, 0.5) is 5.69 Å². The first-order valence-electron chi connectivity index (χ1n) is 9.15. The predicted molar refractivity (Wildman–Crippen MR) is 101 cm³/mol. The van der Waals surface area contributed by atoms with Crippen LogP contribution >= 0.6 is 0 Å². The lowest BCUT2D eigenvalue weighted by Gasteiger charge is -2.36. The van der Waals surface area contributed by atoms with Gasteiger partial charge >= 0.3 is 0 Å². The van der Waals surface area contributed by atoms with Crippen molar-refractivity contribution in [1.82, 2.24) is 0 Å². The monoisotopic (exact) mass is 307 g/mol. The average molecular weight is 307 g/mol. The number of rotatable bonds is 5. The van der Waals surface area contributed by atoms with Crippen molar-refractivity contribution in [2.24, 2.45) is 5.92 Å². The smallest absolute Gasteiger partial charge is 0.0522 e. The van der Waals surface area contributed by atoms with E-state index in [-0.39, 0.29) is 0 Å². The number of benzene rings is 1.